The minimum absolute atomic E-state index is 0. The molecule has 1 aliphatic heterocycles. The molecule has 8 heteroatoms. The van der Waals surface area contributed by atoms with Crippen molar-refractivity contribution in [3.05, 3.63) is 59.3 Å². The Morgan fingerprint density at radius 3 is 2.42 bits per heavy atom. The van der Waals surface area contributed by atoms with Crippen molar-refractivity contribution in [1.29, 1.82) is 0 Å². The average molecular weight is 365 g/mol. The molecule has 1 atom stereocenters. The van der Waals surface area contributed by atoms with Crippen molar-refractivity contribution in [1.82, 2.24) is 10.2 Å². The van der Waals surface area contributed by atoms with Crippen molar-refractivity contribution in [2.75, 3.05) is 26.2 Å². The molecule has 3 rings (SSSR count). The number of furan rings is 1. The Morgan fingerprint density at radius 1 is 1.12 bits per heavy atom. The first-order chi connectivity index (χ1) is 10.9. The molecule has 0 bridgehead atoms. The number of rotatable bonds is 3. The zero-order valence-corrected chi connectivity index (χ0v) is 13.5. The van der Waals surface area contributed by atoms with Gasteiger partial charge < -0.3 is 9.73 Å². The molecular weight excluding hydrogens is 348 g/mol. The lowest BCUT2D eigenvalue weighted by Crippen LogP contribution is -2.45. The van der Waals surface area contributed by atoms with Crippen LogP contribution in [0.2, 0.25) is 0 Å². The van der Waals surface area contributed by atoms with E-state index in [-0.39, 0.29) is 18.0 Å². The number of halogens is 5. The van der Waals surface area contributed by atoms with E-state index in [2.05, 4.69) is 5.32 Å². The van der Waals surface area contributed by atoms with E-state index in [1.807, 2.05) is 4.90 Å². The van der Waals surface area contributed by atoms with Crippen molar-refractivity contribution < 1.29 is 22.0 Å². The fraction of sp³-hybridized carbons (Fsp3) is 0.375. The van der Waals surface area contributed by atoms with Gasteiger partial charge in [0, 0.05) is 26.2 Å². The molecule has 0 radical (unpaired) electrons. The molecule has 132 valence electrons. The van der Waals surface area contributed by atoms with Gasteiger partial charge in [-0.2, -0.15) is 13.2 Å². The standard InChI is InChI=1S/C16H16F4N2O.ClH/c17-13-9-11(8-12(10-13)16(18,19)20)15(14-2-1-7-23-14)22-5-3-21-4-6-22;/h1-2,7-10,15,21H,3-6H2;1H/t15-;/m0./s1. The van der Waals surface area contributed by atoms with Crippen LogP contribution in [0.4, 0.5) is 17.6 Å². The highest BCUT2D eigenvalue weighted by atomic mass is 35.5. The lowest BCUT2D eigenvalue weighted by molar-refractivity contribution is -0.137. The van der Waals surface area contributed by atoms with Crippen LogP contribution in [0.15, 0.2) is 41.0 Å². The van der Waals surface area contributed by atoms with Crippen LogP contribution in [-0.2, 0) is 6.18 Å². The van der Waals surface area contributed by atoms with Gasteiger partial charge in [0.05, 0.1) is 17.9 Å². The smallest absolute Gasteiger partial charge is 0.416 e. The van der Waals surface area contributed by atoms with Gasteiger partial charge in [-0.1, -0.05) is 0 Å². The summed E-state index contributed by atoms with van der Waals surface area (Å²) >= 11 is 0. The van der Waals surface area contributed by atoms with Crippen LogP contribution in [0.5, 0.6) is 0 Å². The Morgan fingerprint density at radius 2 is 1.83 bits per heavy atom. The molecule has 1 aromatic heterocycles. The minimum atomic E-state index is -4.59. The number of hydrogen-bond acceptors (Lipinski definition) is 3. The predicted molar refractivity (Wildman–Crippen MR) is 83.6 cm³/mol. The van der Waals surface area contributed by atoms with Crippen molar-refractivity contribution in [3.63, 3.8) is 0 Å². The van der Waals surface area contributed by atoms with Crippen LogP contribution in [0.1, 0.15) is 22.9 Å². The van der Waals surface area contributed by atoms with Crippen LogP contribution in [0.3, 0.4) is 0 Å². The van der Waals surface area contributed by atoms with Gasteiger partial charge in [-0.3, -0.25) is 4.90 Å². The normalized spacial score (nSPS) is 17.3. The number of hydrogen-bond donors (Lipinski definition) is 1. The fourth-order valence-electron chi connectivity index (χ4n) is 2.88. The highest BCUT2D eigenvalue weighted by molar-refractivity contribution is 5.85. The highest BCUT2D eigenvalue weighted by Gasteiger charge is 2.34. The van der Waals surface area contributed by atoms with Crippen LogP contribution in [-0.4, -0.2) is 31.1 Å². The van der Waals surface area contributed by atoms with Crippen LogP contribution >= 0.6 is 12.4 Å². The molecule has 1 aliphatic rings. The maximum atomic E-state index is 13.8. The highest BCUT2D eigenvalue weighted by Crippen LogP contribution is 2.35. The van der Waals surface area contributed by atoms with Crippen molar-refractivity contribution >= 4 is 12.4 Å². The lowest BCUT2D eigenvalue weighted by atomic mass is 9.99. The summed E-state index contributed by atoms with van der Waals surface area (Å²) in [4.78, 5) is 1.99. The summed E-state index contributed by atoms with van der Waals surface area (Å²) in [6, 6.07) is 5.49. The number of benzene rings is 1. The largest absolute Gasteiger partial charge is 0.467 e. The molecule has 24 heavy (non-hydrogen) atoms. The van der Waals surface area contributed by atoms with E-state index < -0.39 is 23.6 Å². The molecule has 0 unspecified atom stereocenters. The van der Waals surface area contributed by atoms with E-state index >= 15 is 0 Å². The molecule has 1 N–H and O–H groups in total. The van der Waals surface area contributed by atoms with E-state index in [4.69, 9.17) is 4.42 Å². The second-order valence-corrected chi connectivity index (χ2v) is 5.47. The molecule has 2 aromatic rings. The van der Waals surface area contributed by atoms with E-state index in [0.29, 0.717) is 24.9 Å². The zero-order chi connectivity index (χ0) is 16.4. The maximum absolute atomic E-state index is 13.8. The molecule has 0 spiro atoms. The summed E-state index contributed by atoms with van der Waals surface area (Å²) < 4.78 is 58.1. The van der Waals surface area contributed by atoms with Gasteiger partial charge in [-0.05, 0) is 35.9 Å². The Bertz CT molecular complexity index is 655. The quantitative estimate of drug-likeness (QED) is 0.838. The van der Waals surface area contributed by atoms with E-state index in [0.717, 1.165) is 25.2 Å². The molecule has 0 saturated carbocycles. The Labute approximate surface area is 143 Å². The number of alkyl halides is 3. The SMILES string of the molecule is Cl.Fc1cc([C@@H](c2ccco2)N2CCNCC2)cc(C(F)(F)F)c1. The van der Waals surface area contributed by atoms with Gasteiger partial charge in [0.25, 0.3) is 0 Å². The minimum Gasteiger partial charge on any atom is -0.467 e. The summed E-state index contributed by atoms with van der Waals surface area (Å²) in [5.41, 5.74) is -0.742. The third kappa shape index (κ3) is 4.09. The van der Waals surface area contributed by atoms with E-state index in [9.17, 15) is 17.6 Å². The summed E-state index contributed by atoms with van der Waals surface area (Å²) in [6.45, 7) is 2.73. The molecule has 1 aromatic carbocycles. The van der Waals surface area contributed by atoms with Crippen molar-refractivity contribution in [2.24, 2.45) is 0 Å². The predicted octanol–water partition coefficient (Wildman–Crippen LogP) is 3.85. The summed E-state index contributed by atoms with van der Waals surface area (Å²) in [5.74, 6) is -0.396. The zero-order valence-electron chi connectivity index (χ0n) is 12.6. The van der Waals surface area contributed by atoms with Crippen LogP contribution < -0.4 is 5.32 Å². The molecule has 2 heterocycles. The first kappa shape index (κ1) is 18.8. The third-order valence-corrected chi connectivity index (χ3v) is 3.89. The van der Waals surface area contributed by atoms with Crippen LogP contribution in [0, 0.1) is 5.82 Å². The van der Waals surface area contributed by atoms with Crippen molar-refractivity contribution in [2.45, 2.75) is 12.2 Å². The Hall–Kier alpha value is -1.57. The molecular formula is C16H17ClF4N2O. The van der Waals surface area contributed by atoms with Gasteiger partial charge >= 0.3 is 6.18 Å². The summed E-state index contributed by atoms with van der Waals surface area (Å²) in [5, 5.41) is 3.19. The number of piperazine rings is 1. The molecule has 0 aliphatic carbocycles. The lowest BCUT2D eigenvalue weighted by Gasteiger charge is -2.34. The van der Waals surface area contributed by atoms with E-state index in [1.165, 1.54) is 6.26 Å². The van der Waals surface area contributed by atoms with Crippen molar-refractivity contribution in [3.8, 4) is 0 Å². The maximum Gasteiger partial charge on any atom is 0.416 e. The molecule has 1 fully saturated rings. The molecule has 1 saturated heterocycles. The fourth-order valence-corrected chi connectivity index (χ4v) is 2.88. The first-order valence-electron chi connectivity index (χ1n) is 7.31. The summed E-state index contributed by atoms with van der Waals surface area (Å²) in [6.07, 6.45) is -3.12. The van der Waals surface area contributed by atoms with Crippen LogP contribution in [0.25, 0.3) is 0 Å². The number of nitrogens with zero attached hydrogens (tertiary/aromatic N) is 1. The molecule has 0 amide bonds. The molecule has 3 nitrogen and oxygen atoms in total. The van der Waals surface area contributed by atoms with Gasteiger partial charge in [0.1, 0.15) is 11.6 Å². The monoisotopic (exact) mass is 364 g/mol. The van der Waals surface area contributed by atoms with E-state index in [1.54, 1.807) is 12.1 Å². The van der Waals surface area contributed by atoms with Gasteiger partial charge in [0.2, 0.25) is 0 Å². The first-order valence-corrected chi connectivity index (χ1v) is 7.31. The topological polar surface area (TPSA) is 28.4 Å². The summed E-state index contributed by atoms with van der Waals surface area (Å²) in [7, 11) is 0. The second-order valence-electron chi connectivity index (χ2n) is 5.47. The third-order valence-electron chi connectivity index (χ3n) is 3.89. The van der Waals surface area contributed by atoms with Gasteiger partial charge in [-0.25, -0.2) is 4.39 Å². The average Bonchev–Trinajstić information content (AvgIpc) is 3.01. The Kier molecular flexibility index (Phi) is 5.90. The van der Waals surface area contributed by atoms with Gasteiger partial charge in [-0.15, -0.1) is 12.4 Å². The van der Waals surface area contributed by atoms with Gasteiger partial charge in [0.15, 0.2) is 0 Å². The Balaban J connectivity index is 0.00000208. The number of nitrogens with one attached hydrogen (secondary N) is 1. The second kappa shape index (κ2) is 7.55.